The smallest absolute Gasteiger partial charge is 0.129 e. The summed E-state index contributed by atoms with van der Waals surface area (Å²) in [6.45, 7) is 0. The minimum Gasteiger partial charge on any atom is -0.389 e. The summed E-state index contributed by atoms with van der Waals surface area (Å²) in [6, 6.07) is 11.3. The summed E-state index contributed by atoms with van der Waals surface area (Å²) in [5.74, 6) is -1.19. The lowest BCUT2D eigenvalue weighted by Crippen LogP contribution is -2.32. The van der Waals surface area contributed by atoms with Gasteiger partial charge in [0.2, 0.25) is 0 Å². The van der Waals surface area contributed by atoms with Crippen LogP contribution in [0, 0.1) is 11.6 Å². The van der Waals surface area contributed by atoms with Crippen molar-refractivity contribution >= 4 is 0 Å². The van der Waals surface area contributed by atoms with Crippen LogP contribution in [0.15, 0.2) is 42.5 Å². The Balaban J connectivity index is 1.85. The topological polar surface area (TPSA) is 20.2 Å². The first-order valence-electron chi connectivity index (χ1n) is 6.29. The molecule has 2 aromatic rings. The van der Waals surface area contributed by atoms with Crippen LogP contribution in [-0.4, -0.2) is 10.7 Å². The van der Waals surface area contributed by atoms with Crippen LogP contribution in [-0.2, 0) is 19.3 Å². The van der Waals surface area contributed by atoms with Crippen molar-refractivity contribution in [3.05, 3.63) is 70.8 Å². The van der Waals surface area contributed by atoms with Crippen molar-refractivity contribution in [2.75, 3.05) is 0 Å². The second kappa shape index (κ2) is 4.42. The van der Waals surface area contributed by atoms with Gasteiger partial charge in [0.05, 0.1) is 5.60 Å². The van der Waals surface area contributed by atoms with Crippen LogP contribution >= 0.6 is 0 Å². The first-order chi connectivity index (χ1) is 9.06. The molecule has 1 aliphatic carbocycles. The quantitative estimate of drug-likeness (QED) is 0.880. The molecular formula is C16H14F2O. The summed E-state index contributed by atoms with van der Waals surface area (Å²) in [4.78, 5) is 0. The monoisotopic (exact) mass is 260 g/mol. The molecule has 0 heterocycles. The molecule has 0 radical (unpaired) electrons. The molecule has 1 N–H and O–H groups in total. The zero-order valence-corrected chi connectivity index (χ0v) is 10.4. The Kier molecular flexibility index (Phi) is 2.86. The molecule has 0 saturated heterocycles. The summed E-state index contributed by atoms with van der Waals surface area (Å²) < 4.78 is 26.5. The van der Waals surface area contributed by atoms with Crippen LogP contribution in [0.1, 0.15) is 16.7 Å². The van der Waals surface area contributed by atoms with E-state index in [1.54, 1.807) is 0 Å². The predicted molar refractivity (Wildman–Crippen MR) is 68.9 cm³/mol. The van der Waals surface area contributed by atoms with Crippen LogP contribution in [0.25, 0.3) is 0 Å². The fourth-order valence-corrected chi connectivity index (χ4v) is 2.82. The highest BCUT2D eigenvalue weighted by molar-refractivity contribution is 5.36. The molecular weight excluding hydrogens is 246 g/mol. The van der Waals surface area contributed by atoms with Gasteiger partial charge in [-0.2, -0.15) is 0 Å². The Morgan fingerprint density at radius 3 is 2.21 bits per heavy atom. The highest BCUT2D eigenvalue weighted by Crippen LogP contribution is 2.33. The maximum atomic E-state index is 13.7. The van der Waals surface area contributed by atoms with Crippen molar-refractivity contribution < 1.29 is 13.9 Å². The van der Waals surface area contributed by atoms with Gasteiger partial charge >= 0.3 is 0 Å². The van der Waals surface area contributed by atoms with E-state index < -0.39 is 17.2 Å². The molecule has 0 amide bonds. The molecule has 0 atom stereocenters. The minimum atomic E-state index is -0.970. The normalized spacial score (nSPS) is 16.4. The average Bonchev–Trinajstić information content (AvgIpc) is 2.69. The van der Waals surface area contributed by atoms with E-state index in [2.05, 4.69) is 0 Å². The lowest BCUT2D eigenvalue weighted by Gasteiger charge is -2.22. The van der Waals surface area contributed by atoms with Crippen molar-refractivity contribution in [1.82, 2.24) is 0 Å². The lowest BCUT2D eigenvalue weighted by atomic mass is 9.91. The lowest BCUT2D eigenvalue weighted by molar-refractivity contribution is 0.0509. The molecule has 19 heavy (non-hydrogen) atoms. The van der Waals surface area contributed by atoms with Gasteiger partial charge in [-0.1, -0.05) is 30.3 Å². The van der Waals surface area contributed by atoms with Crippen molar-refractivity contribution in [2.24, 2.45) is 0 Å². The van der Waals surface area contributed by atoms with Crippen molar-refractivity contribution in [1.29, 1.82) is 0 Å². The largest absolute Gasteiger partial charge is 0.389 e. The maximum absolute atomic E-state index is 13.7. The fourth-order valence-electron chi connectivity index (χ4n) is 2.82. The van der Waals surface area contributed by atoms with Gasteiger partial charge in [-0.3, -0.25) is 0 Å². The number of rotatable bonds is 2. The molecule has 3 rings (SSSR count). The first kappa shape index (κ1) is 12.3. The highest BCUT2D eigenvalue weighted by atomic mass is 19.1. The SMILES string of the molecule is OC1(Cc2ccc(F)cc2F)Cc2ccccc2C1. The summed E-state index contributed by atoms with van der Waals surface area (Å²) in [5, 5.41) is 10.6. The highest BCUT2D eigenvalue weighted by Gasteiger charge is 2.35. The van der Waals surface area contributed by atoms with Gasteiger partial charge in [0.25, 0.3) is 0 Å². The summed E-state index contributed by atoms with van der Waals surface area (Å²) in [5.41, 5.74) is 1.60. The number of halogens is 2. The van der Waals surface area contributed by atoms with Gasteiger partial charge in [0.15, 0.2) is 0 Å². The van der Waals surface area contributed by atoms with Crippen LogP contribution in [0.5, 0.6) is 0 Å². The molecule has 0 aromatic heterocycles. The Morgan fingerprint density at radius 1 is 1.00 bits per heavy atom. The van der Waals surface area contributed by atoms with E-state index in [1.165, 1.54) is 12.1 Å². The number of hydrogen-bond acceptors (Lipinski definition) is 1. The Labute approximate surface area is 110 Å². The van der Waals surface area contributed by atoms with Gasteiger partial charge in [-0.05, 0) is 22.8 Å². The molecule has 0 unspecified atom stereocenters. The number of aliphatic hydroxyl groups is 1. The zero-order valence-electron chi connectivity index (χ0n) is 10.4. The molecule has 1 aliphatic rings. The first-order valence-corrected chi connectivity index (χ1v) is 6.29. The molecule has 0 spiro atoms. The number of fused-ring (bicyclic) bond motifs is 1. The minimum absolute atomic E-state index is 0.202. The van der Waals surface area contributed by atoms with Gasteiger partial charge in [-0.15, -0.1) is 0 Å². The molecule has 0 fully saturated rings. The Morgan fingerprint density at radius 2 is 1.63 bits per heavy atom. The second-order valence-electron chi connectivity index (χ2n) is 5.26. The molecule has 0 saturated carbocycles. The molecule has 0 aliphatic heterocycles. The van der Waals surface area contributed by atoms with Gasteiger partial charge in [0, 0.05) is 25.3 Å². The van der Waals surface area contributed by atoms with E-state index in [0.29, 0.717) is 18.4 Å². The number of hydrogen-bond donors (Lipinski definition) is 1. The molecule has 3 heteroatoms. The van der Waals surface area contributed by atoms with E-state index in [0.717, 1.165) is 17.2 Å². The van der Waals surface area contributed by atoms with Crippen molar-refractivity contribution in [3.8, 4) is 0 Å². The van der Waals surface area contributed by atoms with E-state index in [4.69, 9.17) is 0 Å². The van der Waals surface area contributed by atoms with Gasteiger partial charge in [0.1, 0.15) is 11.6 Å². The fraction of sp³-hybridized carbons (Fsp3) is 0.250. The summed E-state index contributed by atoms with van der Waals surface area (Å²) in [7, 11) is 0. The molecule has 2 aromatic carbocycles. The van der Waals surface area contributed by atoms with Crippen LogP contribution in [0.2, 0.25) is 0 Å². The molecule has 0 bridgehead atoms. The Hall–Kier alpha value is -1.74. The Bertz CT molecular complexity index is 597. The second-order valence-corrected chi connectivity index (χ2v) is 5.26. The van der Waals surface area contributed by atoms with Gasteiger partial charge in [-0.25, -0.2) is 8.78 Å². The van der Waals surface area contributed by atoms with E-state index in [-0.39, 0.29) is 6.42 Å². The third-order valence-electron chi connectivity index (χ3n) is 3.69. The van der Waals surface area contributed by atoms with E-state index in [1.807, 2.05) is 24.3 Å². The van der Waals surface area contributed by atoms with E-state index in [9.17, 15) is 13.9 Å². The summed E-state index contributed by atoms with van der Waals surface area (Å²) in [6.07, 6.45) is 1.23. The third-order valence-corrected chi connectivity index (χ3v) is 3.69. The standard InChI is InChI=1S/C16H14F2O/c17-14-6-5-13(15(18)7-14)10-16(19)8-11-3-1-2-4-12(11)9-16/h1-7,19H,8-10H2. The van der Waals surface area contributed by atoms with E-state index >= 15 is 0 Å². The summed E-state index contributed by atoms with van der Waals surface area (Å²) >= 11 is 0. The van der Waals surface area contributed by atoms with Crippen LogP contribution < -0.4 is 0 Å². The zero-order chi connectivity index (χ0) is 13.5. The van der Waals surface area contributed by atoms with Crippen molar-refractivity contribution in [2.45, 2.75) is 24.9 Å². The predicted octanol–water partition coefficient (Wildman–Crippen LogP) is 3.04. The third kappa shape index (κ3) is 2.38. The molecule has 1 nitrogen and oxygen atoms in total. The molecule has 98 valence electrons. The number of benzene rings is 2. The van der Waals surface area contributed by atoms with Crippen LogP contribution in [0.3, 0.4) is 0 Å². The van der Waals surface area contributed by atoms with Gasteiger partial charge < -0.3 is 5.11 Å². The van der Waals surface area contributed by atoms with Crippen molar-refractivity contribution in [3.63, 3.8) is 0 Å². The van der Waals surface area contributed by atoms with Crippen LogP contribution in [0.4, 0.5) is 8.78 Å². The maximum Gasteiger partial charge on any atom is 0.129 e. The average molecular weight is 260 g/mol.